The second-order valence-corrected chi connectivity index (χ2v) is 11.0. The van der Waals surface area contributed by atoms with Crippen LogP contribution in [0.5, 0.6) is 11.5 Å². The Morgan fingerprint density at radius 3 is 2.40 bits per heavy atom. The van der Waals surface area contributed by atoms with Gasteiger partial charge in [-0.2, -0.15) is 5.10 Å². The summed E-state index contributed by atoms with van der Waals surface area (Å²) in [7, 11) is 1.57. The Labute approximate surface area is 247 Å². The van der Waals surface area contributed by atoms with Gasteiger partial charge < -0.3 is 20.1 Å². The van der Waals surface area contributed by atoms with Gasteiger partial charge in [0.25, 0.3) is 0 Å². The summed E-state index contributed by atoms with van der Waals surface area (Å²) < 4.78 is 11.0. The van der Waals surface area contributed by atoms with Gasteiger partial charge in [-0.3, -0.25) is 19.6 Å². The zero-order valence-electron chi connectivity index (χ0n) is 23.3. The van der Waals surface area contributed by atoms with Crippen molar-refractivity contribution in [2.45, 2.75) is 63.9 Å². The summed E-state index contributed by atoms with van der Waals surface area (Å²) in [5.41, 5.74) is 2.12. The van der Waals surface area contributed by atoms with Crippen LogP contribution in [0.25, 0.3) is 0 Å². The minimum atomic E-state index is -0.220. The molecule has 13 heteroatoms. The first kappa shape index (κ1) is 29.0. The first-order chi connectivity index (χ1) is 20.5. The molecule has 0 bridgehead atoms. The number of aromatic nitrogens is 6. The molecular weight excluding hydrogens is 556 g/mol. The molecule has 12 nitrogen and oxygen atoms in total. The van der Waals surface area contributed by atoms with Crippen molar-refractivity contribution < 1.29 is 19.1 Å². The third-order valence-corrected chi connectivity index (χ3v) is 7.53. The molecule has 2 N–H and O–H groups in total. The summed E-state index contributed by atoms with van der Waals surface area (Å²) in [6, 6.07) is 10.8. The molecule has 1 aliphatic rings. The molecule has 0 radical (unpaired) electrons. The lowest BCUT2D eigenvalue weighted by molar-refractivity contribution is -0.116. The molecule has 2 amide bonds. The van der Waals surface area contributed by atoms with Gasteiger partial charge >= 0.3 is 0 Å². The molecule has 4 heterocycles. The van der Waals surface area contributed by atoms with Crippen LogP contribution in [0, 0.1) is 0 Å². The second-order valence-electron chi connectivity index (χ2n) is 9.91. The van der Waals surface area contributed by atoms with Crippen molar-refractivity contribution >= 4 is 34.1 Å². The first-order valence-electron chi connectivity index (χ1n) is 13.9. The highest BCUT2D eigenvalue weighted by atomic mass is 32.1. The Morgan fingerprint density at radius 2 is 1.67 bits per heavy atom. The van der Waals surface area contributed by atoms with Gasteiger partial charge in [-0.15, -0.1) is 15.3 Å². The van der Waals surface area contributed by atoms with Crippen molar-refractivity contribution in [3.8, 4) is 11.5 Å². The predicted molar refractivity (Wildman–Crippen MR) is 157 cm³/mol. The van der Waals surface area contributed by atoms with Crippen LogP contribution in [0.4, 0.5) is 10.9 Å². The number of nitrogens with zero attached hydrogens (tertiary/aromatic N) is 6. The lowest BCUT2D eigenvalue weighted by atomic mass is 9.96. The molecule has 1 fully saturated rings. The highest BCUT2D eigenvalue weighted by molar-refractivity contribution is 7.15. The van der Waals surface area contributed by atoms with Crippen LogP contribution < -0.4 is 20.1 Å². The molecular formula is C29H32N8O4S. The highest BCUT2D eigenvalue weighted by Gasteiger charge is 2.19. The smallest absolute Gasteiger partial charge is 0.232 e. The molecule has 0 aromatic carbocycles. The van der Waals surface area contributed by atoms with E-state index in [9.17, 15) is 9.59 Å². The van der Waals surface area contributed by atoms with Gasteiger partial charge in [-0.25, -0.2) is 0 Å². The van der Waals surface area contributed by atoms with Gasteiger partial charge in [0.2, 0.25) is 16.9 Å². The fraction of sp³-hybridized carbons (Fsp3) is 0.379. The summed E-state index contributed by atoms with van der Waals surface area (Å²) in [5, 5.41) is 23.5. The Bertz CT molecular complexity index is 1480. The van der Waals surface area contributed by atoms with Crippen LogP contribution in [0.2, 0.25) is 0 Å². The van der Waals surface area contributed by atoms with Crippen molar-refractivity contribution in [2.75, 3.05) is 17.7 Å². The van der Waals surface area contributed by atoms with Crippen LogP contribution in [0.15, 0.2) is 48.8 Å². The summed E-state index contributed by atoms with van der Waals surface area (Å²) in [5.74, 6) is 1.37. The maximum absolute atomic E-state index is 12.5. The summed E-state index contributed by atoms with van der Waals surface area (Å²) >= 11 is 1.37. The van der Waals surface area contributed by atoms with E-state index < -0.39 is 0 Å². The van der Waals surface area contributed by atoms with E-state index in [1.54, 1.807) is 37.7 Å². The zero-order valence-corrected chi connectivity index (χ0v) is 24.1. The molecule has 0 spiro atoms. The molecule has 0 saturated heterocycles. The molecule has 1 aliphatic carbocycles. The first-order valence-corrected chi connectivity index (χ1v) is 14.7. The predicted octanol–water partition coefficient (Wildman–Crippen LogP) is 3.99. The minimum absolute atomic E-state index is 0.130. The number of aryl methyl sites for hydroxylation is 2. The number of methoxy groups -OCH3 is 1. The Morgan fingerprint density at radius 1 is 0.857 bits per heavy atom. The zero-order chi connectivity index (χ0) is 29.1. The molecule has 42 heavy (non-hydrogen) atoms. The maximum atomic E-state index is 12.5. The normalized spacial score (nSPS) is 12.8. The van der Waals surface area contributed by atoms with Crippen LogP contribution >= 0.6 is 11.3 Å². The van der Waals surface area contributed by atoms with Gasteiger partial charge in [0.1, 0.15) is 16.5 Å². The SMILES string of the molecule is COc1ccc(CC(=O)Nc2ccc(CCCCc3nnc(NC(=O)Cc4cc(OC5CCC5)ccn4)s3)nn2)nc1. The van der Waals surface area contributed by atoms with Gasteiger partial charge in [-0.1, -0.05) is 11.3 Å². The second kappa shape index (κ2) is 14.4. The number of carbonyl (C=O) groups is 2. The molecule has 5 rings (SSSR count). The fourth-order valence-electron chi connectivity index (χ4n) is 4.17. The maximum Gasteiger partial charge on any atom is 0.232 e. The third kappa shape index (κ3) is 8.74. The number of hydrogen-bond acceptors (Lipinski definition) is 11. The lowest BCUT2D eigenvalue weighted by Crippen LogP contribution is -2.24. The largest absolute Gasteiger partial charge is 0.495 e. The van der Waals surface area contributed by atoms with Crippen LogP contribution in [-0.2, 0) is 35.3 Å². The number of hydrogen-bond donors (Lipinski definition) is 2. The molecule has 0 aliphatic heterocycles. The van der Waals surface area contributed by atoms with Crippen molar-refractivity contribution in [2.24, 2.45) is 0 Å². The van der Waals surface area contributed by atoms with E-state index in [1.807, 2.05) is 18.2 Å². The van der Waals surface area contributed by atoms with Crippen LogP contribution in [0.1, 0.15) is 54.2 Å². The number of amides is 2. The van der Waals surface area contributed by atoms with E-state index in [0.717, 1.165) is 55.0 Å². The number of unbranched alkanes of at least 4 members (excludes halogenated alkanes) is 1. The van der Waals surface area contributed by atoms with Crippen molar-refractivity contribution in [1.29, 1.82) is 0 Å². The average molecular weight is 589 g/mol. The van der Waals surface area contributed by atoms with E-state index in [2.05, 4.69) is 41.0 Å². The standard InChI is InChI=1S/C29H32N8O4S/c1-40-24-11-9-20(31-18-24)16-26(38)32-25-12-10-19(34-35-25)5-2-3-8-28-36-37-29(42-28)33-27(39)17-21-15-23(13-14-30-21)41-22-6-4-7-22/h9-15,18,22H,2-8,16-17H2,1H3,(H,32,35,38)(H,33,37,39). The highest BCUT2D eigenvalue weighted by Crippen LogP contribution is 2.25. The van der Waals surface area contributed by atoms with E-state index in [0.29, 0.717) is 28.1 Å². The van der Waals surface area contributed by atoms with E-state index in [4.69, 9.17) is 9.47 Å². The number of nitrogens with one attached hydrogen (secondary N) is 2. The Balaban J connectivity index is 0.989. The van der Waals surface area contributed by atoms with Gasteiger partial charge in [0.05, 0.1) is 43.6 Å². The molecule has 0 unspecified atom stereocenters. The van der Waals surface area contributed by atoms with Crippen molar-refractivity contribution in [3.05, 3.63) is 70.9 Å². The van der Waals surface area contributed by atoms with E-state index in [-0.39, 0.29) is 30.8 Å². The summed E-state index contributed by atoms with van der Waals surface area (Å²) in [6.45, 7) is 0. The summed E-state index contributed by atoms with van der Waals surface area (Å²) in [6.07, 6.45) is 10.4. The number of pyridine rings is 2. The minimum Gasteiger partial charge on any atom is -0.495 e. The summed E-state index contributed by atoms with van der Waals surface area (Å²) in [4.78, 5) is 33.3. The molecule has 218 valence electrons. The topological polar surface area (TPSA) is 154 Å². The van der Waals surface area contributed by atoms with Gasteiger partial charge in [0.15, 0.2) is 5.82 Å². The molecule has 0 atom stereocenters. The van der Waals surface area contributed by atoms with Crippen molar-refractivity contribution in [1.82, 2.24) is 30.4 Å². The lowest BCUT2D eigenvalue weighted by Gasteiger charge is -2.26. The number of carbonyl (C=O) groups excluding carboxylic acids is 2. The third-order valence-electron chi connectivity index (χ3n) is 6.63. The molecule has 4 aromatic heterocycles. The van der Waals surface area contributed by atoms with Crippen molar-refractivity contribution in [3.63, 3.8) is 0 Å². The quantitative estimate of drug-likeness (QED) is 0.207. The Kier molecular flexibility index (Phi) is 9.94. The number of rotatable bonds is 14. The monoisotopic (exact) mass is 588 g/mol. The van der Waals surface area contributed by atoms with E-state index >= 15 is 0 Å². The van der Waals surface area contributed by atoms with Gasteiger partial charge in [0, 0.05) is 24.4 Å². The van der Waals surface area contributed by atoms with Crippen LogP contribution in [-0.4, -0.2) is 55.4 Å². The van der Waals surface area contributed by atoms with Gasteiger partial charge in [-0.05, 0) is 68.9 Å². The molecule has 1 saturated carbocycles. The number of ether oxygens (including phenoxy) is 2. The Hall–Kier alpha value is -4.52. The molecule has 4 aromatic rings. The average Bonchev–Trinajstić information content (AvgIpc) is 3.41. The number of anilines is 2. The van der Waals surface area contributed by atoms with E-state index in [1.165, 1.54) is 17.8 Å². The fourth-order valence-corrected chi connectivity index (χ4v) is 4.97. The van der Waals surface area contributed by atoms with Crippen LogP contribution in [0.3, 0.4) is 0 Å².